The van der Waals surface area contributed by atoms with Crippen LogP contribution in [0.3, 0.4) is 0 Å². The van der Waals surface area contributed by atoms with Gasteiger partial charge in [0, 0.05) is 30.9 Å². The molecule has 3 saturated carbocycles. The van der Waals surface area contributed by atoms with E-state index in [9.17, 15) is 33.6 Å². The van der Waals surface area contributed by atoms with Gasteiger partial charge in [-0.2, -0.15) is 0 Å². The van der Waals surface area contributed by atoms with Crippen LogP contribution in [0.5, 0.6) is 0 Å². The zero-order chi connectivity index (χ0) is 37.0. The van der Waals surface area contributed by atoms with Crippen LogP contribution in [-0.2, 0) is 33.5 Å². The molecule has 4 aliphatic rings. The maximum atomic E-state index is 14.6. The molecule has 0 aromatic carbocycles. The predicted molar refractivity (Wildman–Crippen MR) is 182 cm³/mol. The van der Waals surface area contributed by atoms with E-state index in [1.807, 2.05) is 6.92 Å². The Morgan fingerprint density at radius 3 is 2.25 bits per heavy atom. The first-order valence-corrected chi connectivity index (χ1v) is 18.2. The Labute approximate surface area is 298 Å². The van der Waals surface area contributed by atoms with Crippen LogP contribution in [0, 0.1) is 29.1 Å². The fourth-order valence-electron chi connectivity index (χ4n) is 7.63. The number of ether oxygens (including phenoxy) is 1. The number of carbonyl (C=O) groups excluding carboxylic acids is 7. The molecule has 1 aromatic heterocycles. The highest BCUT2D eigenvalue weighted by atomic mass is 16.5. The van der Waals surface area contributed by atoms with E-state index in [1.54, 1.807) is 20.8 Å². The largest absolute Gasteiger partial charge is 0.469 e. The van der Waals surface area contributed by atoms with Crippen molar-refractivity contribution in [2.45, 2.75) is 116 Å². The first kappa shape index (κ1) is 37.8. The predicted octanol–water partition coefficient (Wildman–Crippen LogP) is 1.06. The number of fused-ring (bicyclic) bond motifs is 1. The van der Waals surface area contributed by atoms with Crippen LogP contribution in [0.2, 0.25) is 0 Å². The molecule has 1 aliphatic heterocycles. The smallest absolute Gasteiger partial charge is 0.309 e. The summed E-state index contributed by atoms with van der Waals surface area (Å²) >= 11 is 0. The van der Waals surface area contributed by atoms with Gasteiger partial charge in [0.15, 0.2) is 0 Å². The standard InChI is InChI=1S/C36H51N7O8/c1-6-10-22(28(44)33(48)39-20-13-14-20)40-32(47)27-24-21(25(24)35(50)51-5)18-43(27)34(49)29(36(2,3)4)42-31(46)26(19-11-8-7-9-12-19)41-30(45)23-17-37-15-16-38-23/h15-17,19-22,24-27,29H,6-14,18H2,1-5H3,(H,39,48)(H,40,47)(H,41,45)(H,42,46)/t21-,22-,24+,25+,26-,27-,29+/m0/s1. The summed E-state index contributed by atoms with van der Waals surface area (Å²) in [4.78, 5) is 104. The van der Waals surface area contributed by atoms with Crippen molar-refractivity contribution >= 4 is 41.3 Å². The van der Waals surface area contributed by atoms with Gasteiger partial charge in [-0.25, -0.2) is 4.98 Å². The summed E-state index contributed by atoms with van der Waals surface area (Å²) in [6.07, 6.45) is 10.7. The van der Waals surface area contributed by atoms with Crippen molar-refractivity contribution in [2.75, 3.05) is 13.7 Å². The molecule has 3 aliphatic carbocycles. The van der Waals surface area contributed by atoms with E-state index in [0.29, 0.717) is 6.42 Å². The molecule has 7 atom stereocenters. The molecule has 1 aromatic rings. The highest BCUT2D eigenvalue weighted by molar-refractivity contribution is 6.38. The van der Waals surface area contributed by atoms with Crippen LogP contribution < -0.4 is 21.3 Å². The molecule has 5 amide bonds. The Morgan fingerprint density at radius 1 is 0.961 bits per heavy atom. The second-order valence-corrected chi connectivity index (χ2v) is 15.4. The van der Waals surface area contributed by atoms with Crippen LogP contribution in [0.4, 0.5) is 0 Å². The molecule has 0 unspecified atom stereocenters. The van der Waals surface area contributed by atoms with Crippen molar-refractivity contribution in [3.8, 4) is 0 Å². The zero-order valence-electron chi connectivity index (χ0n) is 30.1. The maximum absolute atomic E-state index is 14.6. The fraction of sp³-hybridized carbons (Fsp3) is 0.694. The summed E-state index contributed by atoms with van der Waals surface area (Å²) in [5.41, 5.74) is -0.777. The molecule has 0 radical (unpaired) electrons. The number of carbonyl (C=O) groups is 7. The van der Waals surface area contributed by atoms with Gasteiger partial charge >= 0.3 is 5.97 Å². The molecule has 4 fully saturated rings. The van der Waals surface area contributed by atoms with Crippen LogP contribution in [0.1, 0.15) is 96.0 Å². The van der Waals surface area contributed by atoms with E-state index in [0.717, 1.165) is 44.9 Å². The van der Waals surface area contributed by atoms with Crippen LogP contribution >= 0.6 is 0 Å². The third kappa shape index (κ3) is 8.73. The second kappa shape index (κ2) is 15.9. The number of hydrogen-bond acceptors (Lipinski definition) is 10. The third-order valence-electron chi connectivity index (χ3n) is 10.6. The van der Waals surface area contributed by atoms with Gasteiger partial charge in [0.25, 0.3) is 11.8 Å². The lowest BCUT2D eigenvalue weighted by atomic mass is 9.82. The highest BCUT2D eigenvalue weighted by Crippen LogP contribution is 2.56. The molecule has 4 N–H and O–H groups in total. The first-order valence-electron chi connectivity index (χ1n) is 18.2. The van der Waals surface area contributed by atoms with Gasteiger partial charge in [-0.05, 0) is 49.4 Å². The Bertz CT molecular complexity index is 1500. The summed E-state index contributed by atoms with van der Waals surface area (Å²) < 4.78 is 4.99. The number of methoxy groups -OCH3 is 1. The van der Waals surface area contributed by atoms with E-state index in [1.165, 1.54) is 30.6 Å². The van der Waals surface area contributed by atoms with Crippen molar-refractivity contribution in [1.82, 2.24) is 36.1 Å². The fourth-order valence-corrected chi connectivity index (χ4v) is 7.63. The SMILES string of the molecule is CCC[C@H](NC(=O)[C@@H]1[C@@H]2[C@H](CN1C(=O)[C@@H](NC(=O)[C@@H](NC(=O)c1cnccn1)C1CCCCC1)C(C)(C)C)[C@H]2C(=O)OC)C(=O)C(=O)NC1CC1. The number of Topliss-reactive ketones (excluding diaryl/α,β-unsaturated/α-hetero) is 1. The van der Waals surface area contributed by atoms with Gasteiger partial charge in [-0.15, -0.1) is 0 Å². The molecule has 0 bridgehead atoms. The minimum Gasteiger partial charge on any atom is -0.469 e. The Balaban J connectivity index is 1.38. The lowest BCUT2D eigenvalue weighted by Crippen LogP contribution is -2.62. The van der Waals surface area contributed by atoms with Gasteiger partial charge in [-0.3, -0.25) is 38.5 Å². The summed E-state index contributed by atoms with van der Waals surface area (Å²) in [6.45, 7) is 7.27. The average Bonchev–Trinajstić information content (AvgIpc) is 4.04. The minimum absolute atomic E-state index is 0.0435. The van der Waals surface area contributed by atoms with Gasteiger partial charge in [0.2, 0.25) is 23.5 Å². The third-order valence-corrected chi connectivity index (χ3v) is 10.6. The number of ketones is 1. The number of rotatable bonds is 14. The first-order chi connectivity index (χ1) is 24.3. The van der Waals surface area contributed by atoms with Crippen molar-refractivity contribution < 1.29 is 38.3 Å². The molecule has 2 heterocycles. The van der Waals surface area contributed by atoms with Crippen molar-refractivity contribution in [1.29, 1.82) is 0 Å². The number of nitrogens with one attached hydrogen (secondary N) is 4. The highest BCUT2D eigenvalue weighted by Gasteiger charge is 2.68. The Hall–Kier alpha value is -4.43. The van der Waals surface area contributed by atoms with Crippen LogP contribution in [0.25, 0.3) is 0 Å². The lowest BCUT2D eigenvalue weighted by Gasteiger charge is -2.38. The quantitative estimate of drug-likeness (QED) is 0.160. The van der Waals surface area contributed by atoms with E-state index >= 15 is 0 Å². The Kier molecular flexibility index (Phi) is 11.8. The van der Waals surface area contributed by atoms with E-state index in [4.69, 9.17) is 4.74 Å². The molecule has 5 rings (SSSR count). The number of aromatic nitrogens is 2. The number of esters is 1. The van der Waals surface area contributed by atoms with Gasteiger partial charge in [0.1, 0.15) is 23.8 Å². The summed E-state index contributed by atoms with van der Waals surface area (Å²) in [5.74, 6) is -5.96. The van der Waals surface area contributed by atoms with Crippen LogP contribution in [0.15, 0.2) is 18.6 Å². The van der Waals surface area contributed by atoms with Gasteiger partial charge < -0.3 is 30.9 Å². The molecule has 1 saturated heterocycles. The number of amides is 5. The molecule has 15 heteroatoms. The van der Waals surface area contributed by atoms with Crippen molar-refractivity contribution in [3.05, 3.63) is 24.3 Å². The maximum Gasteiger partial charge on any atom is 0.309 e. The second-order valence-electron chi connectivity index (χ2n) is 15.4. The molecular weight excluding hydrogens is 658 g/mol. The summed E-state index contributed by atoms with van der Waals surface area (Å²) in [7, 11) is 1.26. The van der Waals surface area contributed by atoms with Crippen molar-refractivity contribution in [2.24, 2.45) is 29.1 Å². The van der Waals surface area contributed by atoms with Crippen molar-refractivity contribution in [3.63, 3.8) is 0 Å². The lowest BCUT2D eigenvalue weighted by molar-refractivity contribution is -0.149. The number of likely N-dealkylation sites (tertiary alicyclic amines) is 1. The van der Waals surface area contributed by atoms with E-state index in [-0.39, 0.29) is 36.5 Å². The monoisotopic (exact) mass is 709 g/mol. The molecule has 15 nitrogen and oxygen atoms in total. The molecule has 51 heavy (non-hydrogen) atoms. The molecular formula is C36H51N7O8. The number of piperidine rings is 1. The van der Waals surface area contributed by atoms with Crippen LogP contribution in [-0.4, -0.2) is 100 Å². The Morgan fingerprint density at radius 2 is 1.67 bits per heavy atom. The number of hydrogen-bond donors (Lipinski definition) is 4. The van der Waals surface area contributed by atoms with E-state index < -0.39 is 82.7 Å². The zero-order valence-corrected chi connectivity index (χ0v) is 30.1. The molecule has 0 spiro atoms. The molecule has 278 valence electrons. The van der Waals surface area contributed by atoms with E-state index in [2.05, 4.69) is 31.2 Å². The summed E-state index contributed by atoms with van der Waals surface area (Å²) in [5, 5.41) is 11.2. The average molecular weight is 710 g/mol. The van der Waals surface area contributed by atoms with Gasteiger partial charge in [0.05, 0.1) is 25.3 Å². The topological polar surface area (TPSA) is 206 Å². The normalized spacial score (nSPS) is 24.6. The van der Waals surface area contributed by atoms with Gasteiger partial charge in [-0.1, -0.05) is 53.4 Å². The summed E-state index contributed by atoms with van der Waals surface area (Å²) in [6, 6.07) is -4.36. The minimum atomic E-state index is -1.14. The number of nitrogens with zero attached hydrogens (tertiary/aromatic N) is 3.